The van der Waals surface area contributed by atoms with Gasteiger partial charge in [-0.25, -0.2) is 0 Å². The molecule has 0 saturated carbocycles. The molecule has 2 heterocycles. The summed E-state index contributed by atoms with van der Waals surface area (Å²) in [4.78, 5) is 17.0. The molecule has 2 aliphatic rings. The van der Waals surface area contributed by atoms with Gasteiger partial charge in [0.05, 0.1) is 33.0 Å². The predicted octanol–water partition coefficient (Wildman–Crippen LogP) is 1.58. The molecule has 1 aromatic carbocycles. The molecule has 3 rings (SSSR count). The molecule has 2 aliphatic heterocycles. The van der Waals surface area contributed by atoms with Gasteiger partial charge in [-0.15, -0.1) is 0 Å². The van der Waals surface area contributed by atoms with Gasteiger partial charge in [0.25, 0.3) is 0 Å². The molecule has 26 heavy (non-hydrogen) atoms. The van der Waals surface area contributed by atoms with Gasteiger partial charge in [-0.1, -0.05) is 12.1 Å². The van der Waals surface area contributed by atoms with E-state index >= 15 is 0 Å². The number of carbonyl (C=O) groups is 1. The maximum Gasteiger partial charge on any atom is 0.222 e. The summed E-state index contributed by atoms with van der Waals surface area (Å²) in [5.41, 5.74) is 1.17. The van der Waals surface area contributed by atoms with Gasteiger partial charge in [0, 0.05) is 32.6 Å². The molecule has 2 saturated heterocycles. The summed E-state index contributed by atoms with van der Waals surface area (Å²) >= 11 is 0. The Balaban J connectivity index is 1.41. The summed E-state index contributed by atoms with van der Waals surface area (Å²) in [5.74, 6) is 1.10. The van der Waals surface area contributed by atoms with E-state index in [2.05, 4.69) is 4.90 Å². The minimum absolute atomic E-state index is 0.168. The summed E-state index contributed by atoms with van der Waals surface area (Å²) < 4.78 is 16.4. The van der Waals surface area contributed by atoms with E-state index in [0.29, 0.717) is 26.2 Å². The Kier molecular flexibility index (Phi) is 7.29. The number of rotatable bonds is 6. The van der Waals surface area contributed by atoms with Crippen LogP contribution < -0.4 is 4.74 Å². The fourth-order valence-corrected chi connectivity index (χ4v) is 3.53. The first-order valence-electron chi connectivity index (χ1n) is 9.57. The smallest absolute Gasteiger partial charge is 0.222 e. The van der Waals surface area contributed by atoms with Crippen molar-refractivity contribution in [1.82, 2.24) is 9.80 Å². The molecule has 144 valence electrons. The van der Waals surface area contributed by atoms with Gasteiger partial charge in [0.2, 0.25) is 5.91 Å². The van der Waals surface area contributed by atoms with Gasteiger partial charge in [0.15, 0.2) is 0 Å². The lowest BCUT2D eigenvalue weighted by Crippen LogP contribution is -2.42. The Bertz CT molecular complexity index is 557. The van der Waals surface area contributed by atoms with Crippen molar-refractivity contribution in [3.05, 3.63) is 29.8 Å². The zero-order valence-corrected chi connectivity index (χ0v) is 15.7. The Morgan fingerprint density at radius 1 is 1.15 bits per heavy atom. The highest BCUT2D eigenvalue weighted by atomic mass is 16.6. The Hall–Kier alpha value is -1.63. The number of nitrogens with zero attached hydrogens (tertiary/aromatic N) is 2. The standard InChI is InChI=1S/C20H30N2O4/c1-24-18-6-3-17(4-7-18)5-8-20(23)22-10-2-9-21(11-12-22)15-19-16-25-13-14-26-19/h3-4,6-7,19H,2,5,8-16H2,1H3. The Labute approximate surface area is 156 Å². The first-order chi connectivity index (χ1) is 12.7. The van der Waals surface area contributed by atoms with Crippen LogP contribution in [-0.2, 0) is 20.7 Å². The van der Waals surface area contributed by atoms with E-state index < -0.39 is 0 Å². The SMILES string of the molecule is COc1ccc(CCC(=O)N2CCCN(CC3COCCO3)CC2)cc1. The van der Waals surface area contributed by atoms with Crippen LogP contribution in [0.4, 0.5) is 0 Å². The lowest BCUT2D eigenvalue weighted by molar-refractivity contribution is -0.131. The third kappa shape index (κ3) is 5.69. The second-order valence-corrected chi connectivity index (χ2v) is 6.95. The fourth-order valence-electron chi connectivity index (χ4n) is 3.53. The van der Waals surface area contributed by atoms with Crippen molar-refractivity contribution in [2.24, 2.45) is 0 Å². The van der Waals surface area contributed by atoms with Crippen molar-refractivity contribution >= 4 is 5.91 Å². The minimum atomic E-state index is 0.168. The van der Waals surface area contributed by atoms with Crippen LogP contribution in [0, 0.1) is 0 Å². The maximum absolute atomic E-state index is 12.6. The third-order valence-electron chi connectivity index (χ3n) is 5.07. The highest BCUT2D eigenvalue weighted by Gasteiger charge is 2.22. The van der Waals surface area contributed by atoms with E-state index in [9.17, 15) is 4.79 Å². The van der Waals surface area contributed by atoms with E-state index in [1.54, 1.807) is 7.11 Å². The average molecular weight is 362 g/mol. The lowest BCUT2D eigenvalue weighted by Gasteiger charge is -2.29. The number of methoxy groups -OCH3 is 1. The summed E-state index contributed by atoms with van der Waals surface area (Å²) in [6, 6.07) is 7.95. The van der Waals surface area contributed by atoms with E-state index in [4.69, 9.17) is 14.2 Å². The van der Waals surface area contributed by atoms with Crippen LogP contribution in [0.3, 0.4) is 0 Å². The van der Waals surface area contributed by atoms with Gasteiger partial charge >= 0.3 is 0 Å². The van der Waals surface area contributed by atoms with E-state index in [0.717, 1.165) is 51.3 Å². The maximum atomic E-state index is 12.6. The van der Waals surface area contributed by atoms with Gasteiger partial charge in [-0.2, -0.15) is 0 Å². The second kappa shape index (κ2) is 9.90. The zero-order valence-electron chi connectivity index (χ0n) is 15.7. The highest BCUT2D eigenvalue weighted by Crippen LogP contribution is 2.14. The molecule has 6 nitrogen and oxygen atoms in total. The number of carbonyl (C=O) groups excluding carboxylic acids is 1. The summed E-state index contributed by atoms with van der Waals surface area (Å²) in [5, 5.41) is 0. The second-order valence-electron chi connectivity index (χ2n) is 6.95. The molecule has 6 heteroatoms. The van der Waals surface area contributed by atoms with Crippen LogP contribution in [0.1, 0.15) is 18.4 Å². The number of amides is 1. The quantitative estimate of drug-likeness (QED) is 0.769. The average Bonchev–Trinajstić information content (AvgIpc) is 2.93. The van der Waals surface area contributed by atoms with Crippen molar-refractivity contribution in [2.75, 3.05) is 59.7 Å². The van der Waals surface area contributed by atoms with Crippen LogP contribution in [0.25, 0.3) is 0 Å². The number of ether oxygens (including phenoxy) is 3. The largest absolute Gasteiger partial charge is 0.497 e. The first-order valence-corrected chi connectivity index (χ1v) is 9.57. The molecule has 0 aliphatic carbocycles. The van der Waals surface area contributed by atoms with E-state index in [1.165, 1.54) is 5.56 Å². The third-order valence-corrected chi connectivity index (χ3v) is 5.07. The van der Waals surface area contributed by atoms with Gasteiger partial charge in [-0.3, -0.25) is 9.69 Å². The predicted molar refractivity (Wildman–Crippen MR) is 99.5 cm³/mol. The summed E-state index contributed by atoms with van der Waals surface area (Å²) in [7, 11) is 1.66. The molecule has 1 aromatic rings. The zero-order chi connectivity index (χ0) is 18.2. The Morgan fingerprint density at radius 2 is 2.00 bits per heavy atom. The van der Waals surface area contributed by atoms with E-state index in [1.807, 2.05) is 29.2 Å². The highest BCUT2D eigenvalue weighted by molar-refractivity contribution is 5.76. The number of hydrogen-bond donors (Lipinski definition) is 0. The number of hydrogen-bond acceptors (Lipinski definition) is 5. The fraction of sp³-hybridized carbons (Fsp3) is 0.650. The molecule has 0 radical (unpaired) electrons. The van der Waals surface area contributed by atoms with Crippen LogP contribution in [-0.4, -0.2) is 81.5 Å². The monoisotopic (exact) mass is 362 g/mol. The minimum Gasteiger partial charge on any atom is -0.497 e. The molecule has 0 N–H and O–H groups in total. The first kappa shape index (κ1) is 19.1. The molecule has 1 amide bonds. The normalized spacial score (nSPS) is 22.0. The van der Waals surface area contributed by atoms with Crippen molar-refractivity contribution in [3.63, 3.8) is 0 Å². The molecule has 2 fully saturated rings. The van der Waals surface area contributed by atoms with Crippen molar-refractivity contribution < 1.29 is 19.0 Å². The van der Waals surface area contributed by atoms with Crippen molar-refractivity contribution in [1.29, 1.82) is 0 Å². The van der Waals surface area contributed by atoms with Crippen LogP contribution in [0.5, 0.6) is 5.75 Å². The molecule has 1 unspecified atom stereocenters. The summed E-state index contributed by atoms with van der Waals surface area (Å²) in [6.07, 6.45) is 2.52. The Morgan fingerprint density at radius 3 is 2.73 bits per heavy atom. The van der Waals surface area contributed by atoms with Gasteiger partial charge in [-0.05, 0) is 37.1 Å². The molecular formula is C20H30N2O4. The number of benzene rings is 1. The topological polar surface area (TPSA) is 51.2 Å². The van der Waals surface area contributed by atoms with Crippen LogP contribution in [0.15, 0.2) is 24.3 Å². The molecule has 0 aromatic heterocycles. The molecular weight excluding hydrogens is 332 g/mol. The molecule has 0 spiro atoms. The van der Waals surface area contributed by atoms with Gasteiger partial charge < -0.3 is 19.1 Å². The van der Waals surface area contributed by atoms with Crippen molar-refractivity contribution in [2.45, 2.75) is 25.4 Å². The van der Waals surface area contributed by atoms with E-state index in [-0.39, 0.29) is 12.0 Å². The number of aryl methyl sites for hydroxylation is 1. The lowest BCUT2D eigenvalue weighted by atomic mass is 10.1. The molecule has 1 atom stereocenters. The molecule has 0 bridgehead atoms. The van der Waals surface area contributed by atoms with Crippen LogP contribution in [0.2, 0.25) is 0 Å². The van der Waals surface area contributed by atoms with Crippen LogP contribution >= 0.6 is 0 Å². The van der Waals surface area contributed by atoms with Crippen molar-refractivity contribution in [3.8, 4) is 5.75 Å². The summed E-state index contributed by atoms with van der Waals surface area (Å²) in [6.45, 7) is 6.54. The van der Waals surface area contributed by atoms with Gasteiger partial charge in [0.1, 0.15) is 5.75 Å².